The molecule has 0 bridgehead atoms. The van der Waals surface area contributed by atoms with Crippen molar-refractivity contribution in [2.45, 2.75) is 33.2 Å². The second-order valence-electron chi connectivity index (χ2n) is 5.33. The molecule has 2 heterocycles. The number of rotatable bonds is 6. The van der Waals surface area contributed by atoms with E-state index in [0.29, 0.717) is 18.9 Å². The zero-order valence-corrected chi connectivity index (χ0v) is 12.5. The Hall–Kier alpha value is -2.37. The second-order valence-corrected chi connectivity index (χ2v) is 5.33. The van der Waals surface area contributed by atoms with Crippen molar-refractivity contribution in [3.05, 3.63) is 41.3 Å². The van der Waals surface area contributed by atoms with Gasteiger partial charge in [-0.2, -0.15) is 5.10 Å². The number of aryl methyl sites for hydroxylation is 1. The molecular formula is C15H20N4O2. The number of carbonyl (C=O) groups is 1. The molecule has 0 saturated heterocycles. The molecule has 6 heteroatoms. The predicted octanol–water partition coefficient (Wildman–Crippen LogP) is 2.52. The zero-order chi connectivity index (χ0) is 15.4. The van der Waals surface area contributed by atoms with Crippen LogP contribution in [0.2, 0.25) is 0 Å². The van der Waals surface area contributed by atoms with Crippen molar-refractivity contribution in [3.8, 4) is 0 Å². The van der Waals surface area contributed by atoms with E-state index in [9.17, 15) is 4.79 Å². The fourth-order valence-corrected chi connectivity index (χ4v) is 1.95. The normalized spacial score (nSPS) is 10.9. The molecule has 21 heavy (non-hydrogen) atoms. The summed E-state index contributed by atoms with van der Waals surface area (Å²) in [5.41, 5.74) is 2.14. The number of carboxylic acid groups (broad SMARTS) is 1. The first-order valence-electron chi connectivity index (χ1n) is 6.94. The molecular weight excluding hydrogens is 268 g/mol. The van der Waals surface area contributed by atoms with E-state index in [0.717, 1.165) is 11.3 Å². The lowest BCUT2D eigenvalue weighted by molar-refractivity contribution is 0.0696. The van der Waals surface area contributed by atoms with E-state index in [2.05, 4.69) is 15.4 Å². The van der Waals surface area contributed by atoms with E-state index in [-0.39, 0.29) is 11.5 Å². The average molecular weight is 288 g/mol. The van der Waals surface area contributed by atoms with Crippen molar-refractivity contribution in [3.63, 3.8) is 0 Å². The van der Waals surface area contributed by atoms with Gasteiger partial charge in [-0.3, -0.25) is 4.68 Å². The maximum atomic E-state index is 11.2. The molecule has 2 rings (SSSR count). The van der Waals surface area contributed by atoms with Gasteiger partial charge in [-0.25, -0.2) is 9.78 Å². The van der Waals surface area contributed by atoms with Gasteiger partial charge in [0.05, 0.1) is 18.3 Å². The van der Waals surface area contributed by atoms with E-state index in [1.807, 2.05) is 31.6 Å². The maximum Gasteiger partial charge on any atom is 0.335 e. The van der Waals surface area contributed by atoms with Gasteiger partial charge in [0, 0.05) is 18.4 Å². The van der Waals surface area contributed by atoms with Gasteiger partial charge in [0.25, 0.3) is 0 Å². The van der Waals surface area contributed by atoms with Crippen molar-refractivity contribution in [2.75, 3.05) is 11.9 Å². The summed E-state index contributed by atoms with van der Waals surface area (Å²) in [6.07, 6.45) is 3.77. The molecule has 2 aromatic rings. The highest BCUT2D eigenvalue weighted by molar-refractivity contribution is 5.88. The minimum absolute atomic E-state index is 0.179. The summed E-state index contributed by atoms with van der Waals surface area (Å²) in [6.45, 7) is 7.30. The molecule has 0 spiro atoms. The number of nitrogens with one attached hydrogen (secondary N) is 1. The van der Waals surface area contributed by atoms with E-state index in [1.54, 1.807) is 18.3 Å². The third kappa shape index (κ3) is 4.05. The Kier molecular flexibility index (Phi) is 4.57. The second kappa shape index (κ2) is 6.39. The number of nitrogens with zero attached hydrogens (tertiary/aromatic N) is 3. The molecule has 0 aliphatic rings. The molecule has 0 aliphatic carbocycles. The van der Waals surface area contributed by atoms with Crippen LogP contribution in [0.1, 0.15) is 41.4 Å². The van der Waals surface area contributed by atoms with Crippen LogP contribution in [0.25, 0.3) is 0 Å². The van der Waals surface area contributed by atoms with Crippen molar-refractivity contribution in [1.29, 1.82) is 0 Å². The predicted molar refractivity (Wildman–Crippen MR) is 80.7 cm³/mol. The van der Waals surface area contributed by atoms with E-state index in [4.69, 9.17) is 5.11 Å². The summed E-state index contributed by atoms with van der Waals surface area (Å²) in [7, 11) is 0. The Morgan fingerprint density at radius 3 is 2.76 bits per heavy atom. The number of anilines is 1. The summed E-state index contributed by atoms with van der Waals surface area (Å²) < 4.78 is 1.84. The Bertz CT molecular complexity index is 634. The van der Waals surface area contributed by atoms with E-state index >= 15 is 0 Å². The van der Waals surface area contributed by atoms with Gasteiger partial charge in [0.15, 0.2) is 0 Å². The molecule has 0 fully saturated rings. The molecule has 0 unspecified atom stereocenters. The summed E-state index contributed by atoms with van der Waals surface area (Å²) >= 11 is 0. The lowest BCUT2D eigenvalue weighted by Gasteiger charge is -2.11. The van der Waals surface area contributed by atoms with Gasteiger partial charge < -0.3 is 10.4 Å². The molecule has 0 aromatic carbocycles. The largest absolute Gasteiger partial charge is 0.478 e. The summed E-state index contributed by atoms with van der Waals surface area (Å²) in [4.78, 5) is 15.6. The molecule has 2 N–H and O–H groups in total. The number of hydrogen-bond donors (Lipinski definition) is 2. The minimum atomic E-state index is -0.940. The fraction of sp³-hybridized carbons (Fsp3) is 0.400. The first-order chi connectivity index (χ1) is 9.95. The summed E-state index contributed by atoms with van der Waals surface area (Å²) in [5, 5.41) is 16.5. The highest BCUT2D eigenvalue weighted by Crippen LogP contribution is 2.17. The third-order valence-electron chi connectivity index (χ3n) is 3.09. The first kappa shape index (κ1) is 15.0. The molecule has 0 aliphatic heterocycles. The molecule has 112 valence electrons. The van der Waals surface area contributed by atoms with Crippen LogP contribution in [0.15, 0.2) is 24.5 Å². The first-order valence-corrected chi connectivity index (χ1v) is 6.94. The molecule has 0 saturated carbocycles. The van der Waals surface area contributed by atoms with Gasteiger partial charge in [0.2, 0.25) is 0 Å². The van der Waals surface area contributed by atoms with Crippen LogP contribution in [0.4, 0.5) is 5.82 Å². The number of hydrogen-bond acceptors (Lipinski definition) is 4. The third-order valence-corrected chi connectivity index (χ3v) is 3.09. The van der Waals surface area contributed by atoms with Gasteiger partial charge in [-0.05, 0) is 30.5 Å². The molecule has 2 aromatic heterocycles. The Balaban J connectivity index is 2.06. The van der Waals surface area contributed by atoms with Crippen molar-refractivity contribution >= 4 is 11.8 Å². The monoisotopic (exact) mass is 288 g/mol. The molecule has 0 atom stereocenters. The van der Waals surface area contributed by atoms with Crippen LogP contribution >= 0.6 is 0 Å². The lowest BCUT2D eigenvalue weighted by Crippen LogP contribution is -2.13. The quantitative estimate of drug-likeness (QED) is 0.853. The standard InChI is InChI=1S/C15H20N4O2/c1-10(2)13-6-12(15(20)21)7-14(18-13)16-4-5-19-9-11(3)8-17-19/h6-10H,4-5H2,1-3H3,(H,16,18)(H,20,21). The van der Waals surface area contributed by atoms with Crippen molar-refractivity contribution in [2.24, 2.45) is 0 Å². The number of aromatic carboxylic acids is 1. The van der Waals surface area contributed by atoms with E-state index in [1.165, 1.54) is 0 Å². The topological polar surface area (TPSA) is 80.0 Å². The van der Waals surface area contributed by atoms with Gasteiger partial charge in [0.1, 0.15) is 5.82 Å². The molecule has 6 nitrogen and oxygen atoms in total. The smallest absolute Gasteiger partial charge is 0.335 e. The fourth-order valence-electron chi connectivity index (χ4n) is 1.95. The van der Waals surface area contributed by atoms with Gasteiger partial charge in [-0.15, -0.1) is 0 Å². The van der Waals surface area contributed by atoms with Crippen LogP contribution in [0, 0.1) is 6.92 Å². The molecule has 0 amide bonds. The number of pyridine rings is 1. The van der Waals surface area contributed by atoms with Crippen molar-refractivity contribution < 1.29 is 9.90 Å². The summed E-state index contributed by atoms with van der Waals surface area (Å²) in [5.74, 6) is -0.175. The maximum absolute atomic E-state index is 11.2. The number of carboxylic acids is 1. The zero-order valence-electron chi connectivity index (χ0n) is 12.5. The van der Waals surface area contributed by atoms with E-state index < -0.39 is 5.97 Å². The Morgan fingerprint density at radius 2 is 2.19 bits per heavy atom. The van der Waals surface area contributed by atoms with Crippen molar-refractivity contribution in [1.82, 2.24) is 14.8 Å². The van der Waals surface area contributed by atoms with Crippen LogP contribution in [-0.4, -0.2) is 32.4 Å². The highest BCUT2D eigenvalue weighted by atomic mass is 16.4. The van der Waals surface area contributed by atoms with Gasteiger partial charge >= 0.3 is 5.97 Å². The average Bonchev–Trinajstić information content (AvgIpc) is 2.84. The number of aromatic nitrogens is 3. The highest BCUT2D eigenvalue weighted by Gasteiger charge is 2.10. The Labute approximate surface area is 123 Å². The minimum Gasteiger partial charge on any atom is -0.478 e. The van der Waals surface area contributed by atoms with Crippen LogP contribution in [0.3, 0.4) is 0 Å². The Morgan fingerprint density at radius 1 is 1.43 bits per heavy atom. The van der Waals surface area contributed by atoms with Crippen LogP contribution in [-0.2, 0) is 6.54 Å². The lowest BCUT2D eigenvalue weighted by atomic mass is 10.1. The van der Waals surface area contributed by atoms with Crippen LogP contribution < -0.4 is 5.32 Å². The summed E-state index contributed by atoms with van der Waals surface area (Å²) in [6, 6.07) is 3.18. The molecule has 0 radical (unpaired) electrons. The SMILES string of the molecule is Cc1cnn(CCNc2cc(C(=O)O)cc(C(C)C)n2)c1. The van der Waals surface area contributed by atoms with Gasteiger partial charge in [-0.1, -0.05) is 13.8 Å². The van der Waals surface area contributed by atoms with Crippen LogP contribution in [0.5, 0.6) is 0 Å².